The number of nitrogens with two attached hydrogens (primary N) is 1. The maximum atomic E-state index is 11.9. The molecule has 0 radical (unpaired) electrons. The lowest BCUT2D eigenvalue weighted by Crippen LogP contribution is -2.38. The number of rotatable bonds is 3. The van der Waals surface area contributed by atoms with E-state index in [0.29, 0.717) is 6.54 Å². The summed E-state index contributed by atoms with van der Waals surface area (Å²) in [6, 6.07) is 6.07. The van der Waals surface area contributed by atoms with Crippen molar-refractivity contribution >= 4 is 6.09 Å². The molecule has 20 heavy (non-hydrogen) atoms. The Bertz CT molecular complexity index is 492. The van der Waals surface area contributed by atoms with Gasteiger partial charge < -0.3 is 15.8 Å². The maximum absolute atomic E-state index is 11.9. The molecule has 2 rings (SSSR count). The zero-order chi connectivity index (χ0) is 14.8. The third-order valence-electron chi connectivity index (χ3n) is 3.48. The molecule has 110 valence electrons. The molecule has 0 aliphatic heterocycles. The molecule has 0 aromatic heterocycles. The zero-order valence-electron chi connectivity index (χ0n) is 12.5. The van der Waals surface area contributed by atoms with E-state index in [0.717, 1.165) is 18.4 Å². The van der Waals surface area contributed by atoms with Gasteiger partial charge in [0.25, 0.3) is 0 Å². The van der Waals surface area contributed by atoms with Crippen LogP contribution in [0.2, 0.25) is 0 Å². The summed E-state index contributed by atoms with van der Waals surface area (Å²) in [6.45, 7) is 5.93. The number of aryl methyl sites for hydroxylation is 1. The molecule has 0 spiro atoms. The molecule has 1 aliphatic carbocycles. The van der Waals surface area contributed by atoms with Gasteiger partial charge in [-0.15, -0.1) is 0 Å². The molecule has 0 bridgehead atoms. The average Bonchev–Trinajstić information content (AvgIpc) is 2.81. The normalized spacial score (nSPS) is 15.6. The summed E-state index contributed by atoms with van der Waals surface area (Å²) < 4.78 is 5.31. The molecule has 1 aromatic carbocycles. The highest BCUT2D eigenvalue weighted by Crippen LogP contribution is 2.29. The monoisotopic (exact) mass is 276 g/mol. The Morgan fingerprint density at radius 3 is 2.80 bits per heavy atom. The van der Waals surface area contributed by atoms with E-state index < -0.39 is 11.7 Å². The van der Waals surface area contributed by atoms with Crippen molar-refractivity contribution in [2.75, 3.05) is 6.54 Å². The topological polar surface area (TPSA) is 64.3 Å². The third-order valence-corrected chi connectivity index (χ3v) is 3.48. The first-order valence-electron chi connectivity index (χ1n) is 7.21. The summed E-state index contributed by atoms with van der Waals surface area (Å²) in [5.41, 5.74) is 9.20. The summed E-state index contributed by atoms with van der Waals surface area (Å²) in [4.78, 5) is 11.9. The number of benzene rings is 1. The molecule has 0 saturated heterocycles. The molecule has 0 heterocycles. The van der Waals surface area contributed by atoms with Crippen LogP contribution in [0, 0.1) is 0 Å². The summed E-state index contributed by atoms with van der Waals surface area (Å²) >= 11 is 0. The molecule has 0 saturated carbocycles. The van der Waals surface area contributed by atoms with Gasteiger partial charge in [-0.3, -0.25) is 0 Å². The predicted molar refractivity (Wildman–Crippen MR) is 79.6 cm³/mol. The minimum absolute atomic E-state index is 0.183. The molecular formula is C16H24N2O2. The molecule has 1 atom stereocenters. The summed E-state index contributed by atoms with van der Waals surface area (Å²) in [6.07, 6.45) is 2.95. The fourth-order valence-corrected chi connectivity index (χ4v) is 2.69. The molecule has 3 N–H and O–H groups in total. The number of hydrogen-bond acceptors (Lipinski definition) is 3. The second-order valence-electron chi connectivity index (χ2n) is 6.27. The molecule has 1 unspecified atom stereocenters. The van der Waals surface area contributed by atoms with Crippen molar-refractivity contribution in [1.29, 1.82) is 0 Å². The van der Waals surface area contributed by atoms with Crippen molar-refractivity contribution < 1.29 is 9.53 Å². The first kappa shape index (κ1) is 14.9. The number of carbonyl (C=O) groups excluding carboxylic acids is 1. The van der Waals surface area contributed by atoms with Crippen LogP contribution in [-0.4, -0.2) is 18.2 Å². The van der Waals surface area contributed by atoms with Crippen molar-refractivity contribution in [3.05, 3.63) is 34.9 Å². The van der Waals surface area contributed by atoms with E-state index in [1.165, 1.54) is 17.5 Å². The molecule has 4 heteroatoms. The number of amides is 1. The predicted octanol–water partition coefficient (Wildman–Crippen LogP) is 2.70. The smallest absolute Gasteiger partial charge is 0.408 e. The fraction of sp³-hybridized carbons (Fsp3) is 0.562. The number of alkyl carbamates (subject to hydrolysis) is 1. The summed E-state index contributed by atoms with van der Waals surface area (Å²) in [7, 11) is 0. The Kier molecular flexibility index (Phi) is 4.33. The van der Waals surface area contributed by atoms with Crippen molar-refractivity contribution in [3.63, 3.8) is 0 Å². The average molecular weight is 276 g/mol. The Balaban J connectivity index is 2.13. The number of hydrogen-bond donors (Lipinski definition) is 2. The van der Waals surface area contributed by atoms with Crippen LogP contribution in [0.15, 0.2) is 18.2 Å². The lowest BCUT2D eigenvalue weighted by atomic mass is 9.97. The Labute approximate surface area is 120 Å². The van der Waals surface area contributed by atoms with E-state index in [-0.39, 0.29) is 6.04 Å². The van der Waals surface area contributed by atoms with E-state index in [2.05, 4.69) is 17.4 Å². The molecule has 4 nitrogen and oxygen atoms in total. The second-order valence-corrected chi connectivity index (χ2v) is 6.27. The minimum Gasteiger partial charge on any atom is -0.444 e. The number of nitrogens with one attached hydrogen (secondary N) is 1. The van der Waals surface area contributed by atoms with Gasteiger partial charge in [0.15, 0.2) is 0 Å². The summed E-state index contributed by atoms with van der Waals surface area (Å²) in [5.74, 6) is 0. The van der Waals surface area contributed by atoms with Crippen molar-refractivity contribution in [3.8, 4) is 0 Å². The van der Waals surface area contributed by atoms with Gasteiger partial charge in [-0.25, -0.2) is 4.79 Å². The van der Waals surface area contributed by atoms with Crippen LogP contribution < -0.4 is 11.1 Å². The van der Waals surface area contributed by atoms with Crippen molar-refractivity contribution in [2.24, 2.45) is 5.73 Å². The van der Waals surface area contributed by atoms with Gasteiger partial charge in [0.05, 0.1) is 6.04 Å². The van der Waals surface area contributed by atoms with E-state index in [1.807, 2.05) is 26.8 Å². The highest BCUT2D eigenvalue weighted by molar-refractivity contribution is 5.68. The third kappa shape index (κ3) is 3.51. The van der Waals surface area contributed by atoms with Crippen LogP contribution in [0.4, 0.5) is 4.79 Å². The number of ether oxygens (including phenoxy) is 1. The van der Waals surface area contributed by atoms with Gasteiger partial charge in [0.2, 0.25) is 0 Å². The van der Waals surface area contributed by atoms with Gasteiger partial charge in [0, 0.05) is 6.54 Å². The van der Waals surface area contributed by atoms with Gasteiger partial charge in [0.1, 0.15) is 5.60 Å². The maximum Gasteiger partial charge on any atom is 0.408 e. The highest BCUT2D eigenvalue weighted by atomic mass is 16.6. The molecule has 1 amide bonds. The SMILES string of the molecule is CC(C)(C)OC(=O)NC(CN)c1cccc2c1CCC2. The van der Waals surface area contributed by atoms with Crippen molar-refractivity contribution in [2.45, 2.75) is 51.7 Å². The lowest BCUT2D eigenvalue weighted by Gasteiger charge is -2.24. The van der Waals surface area contributed by atoms with E-state index in [9.17, 15) is 4.79 Å². The number of fused-ring (bicyclic) bond motifs is 1. The van der Waals surface area contributed by atoms with Gasteiger partial charge >= 0.3 is 6.09 Å². The van der Waals surface area contributed by atoms with Crippen LogP contribution in [0.3, 0.4) is 0 Å². The summed E-state index contributed by atoms with van der Waals surface area (Å²) in [5, 5.41) is 2.88. The zero-order valence-corrected chi connectivity index (χ0v) is 12.5. The Morgan fingerprint density at radius 1 is 1.40 bits per heavy atom. The van der Waals surface area contributed by atoms with E-state index in [4.69, 9.17) is 10.5 Å². The molecule has 1 aliphatic rings. The minimum atomic E-state index is -0.498. The van der Waals surface area contributed by atoms with Gasteiger partial charge in [-0.05, 0) is 56.7 Å². The fourth-order valence-electron chi connectivity index (χ4n) is 2.69. The quantitative estimate of drug-likeness (QED) is 0.892. The van der Waals surface area contributed by atoms with E-state index in [1.54, 1.807) is 0 Å². The molecule has 0 fully saturated rings. The first-order valence-corrected chi connectivity index (χ1v) is 7.21. The van der Waals surface area contributed by atoms with Crippen LogP contribution in [0.1, 0.15) is 49.9 Å². The van der Waals surface area contributed by atoms with Crippen LogP contribution in [-0.2, 0) is 17.6 Å². The molecular weight excluding hydrogens is 252 g/mol. The number of carbonyl (C=O) groups is 1. The lowest BCUT2D eigenvalue weighted by molar-refractivity contribution is 0.0505. The van der Waals surface area contributed by atoms with E-state index >= 15 is 0 Å². The van der Waals surface area contributed by atoms with Gasteiger partial charge in [-0.1, -0.05) is 18.2 Å². The first-order chi connectivity index (χ1) is 9.40. The Morgan fingerprint density at radius 2 is 2.15 bits per heavy atom. The molecule has 1 aromatic rings. The van der Waals surface area contributed by atoms with Crippen LogP contribution in [0.25, 0.3) is 0 Å². The highest BCUT2D eigenvalue weighted by Gasteiger charge is 2.23. The second kappa shape index (κ2) is 5.83. The standard InChI is InChI=1S/C16H24N2O2/c1-16(2,3)20-15(19)18-14(10-17)13-9-5-7-11-6-4-8-12(11)13/h5,7,9,14H,4,6,8,10,17H2,1-3H3,(H,18,19). The van der Waals surface area contributed by atoms with Crippen molar-refractivity contribution in [1.82, 2.24) is 5.32 Å². The van der Waals surface area contributed by atoms with Crippen LogP contribution in [0.5, 0.6) is 0 Å². The largest absolute Gasteiger partial charge is 0.444 e. The Hall–Kier alpha value is -1.55. The van der Waals surface area contributed by atoms with Crippen LogP contribution >= 0.6 is 0 Å². The van der Waals surface area contributed by atoms with Gasteiger partial charge in [-0.2, -0.15) is 0 Å².